The van der Waals surface area contributed by atoms with Crippen molar-refractivity contribution in [1.82, 2.24) is 0 Å². The Bertz CT molecular complexity index is 508. The van der Waals surface area contributed by atoms with Crippen molar-refractivity contribution in [2.24, 2.45) is 5.73 Å². The van der Waals surface area contributed by atoms with Gasteiger partial charge in [0, 0.05) is 20.3 Å². The summed E-state index contributed by atoms with van der Waals surface area (Å²) >= 11 is 10.5. The van der Waals surface area contributed by atoms with E-state index in [1.165, 1.54) is 9.77 Å². The standard InChI is InChI=1S/C13H13Br2NS2/c1-8(16)13(11-6-7-12(15)18-11)17-10-4-2-9(14)3-5-10/h2-8,13H,16H2,1H3. The van der Waals surface area contributed by atoms with Crippen LogP contribution in [0.15, 0.2) is 49.6 Å². The van der Waals surface area contributed by atoms with Gasteiger partial charge in [-0.15, -0.1) is 23.1 Å². The Hall–Kier alpha value is 0.190. The minimum atomic E-state index is 0.115. The molecule has 0 bridgehead atoms. The molecular formula is C13H13Br2NS2. The van der Waals surface area contributed by atoms with Crippen molar-refractivity contribution in [2.75, 3.05) is 0 Å². The van der Waals surface area contributed by atoms with Crippen molar-refractivity contribution in [3.05, 3.63) is 49.5 Å². The molecule has 0 spiro atoms. The first kappa shape index (κ1) is 14.6. The van der Waals surface area contributed by atoms with Crippen LogP contribution in [0, 0.1) is 0 Å². The van der Waals surface area contributed by atoms with Crippen molar-refractivity contribution in [2.45, 2.75) is 23.1 Å². The van der Waals surface area contributed by atoms with E-state index in [0.717, 1.165) is 8.26 Å². The van der Waals surface area contributed by atoms with Gasteiger partial charge < -0.3 is 5.73 Å². The molecule has 0 aliphatic heterocycles. The summed E-state index contributed by atoms with van der Waals surface area (Å²) in [5.74, 6) is 0. The van der Waals surface area contributed by atoms with Crippen LogP contribution >= 0.6 is 55.0 Å². The lowest BCUT2D eigenvalue weighted by molar-refractivity contribution is 0.730. The van der Waals surface area contributed by atoms with Crippen molar-refractivity contribution >= 4 is 55.0 Å². The molecule has 5 heteroatoms. The first-order valence-electron chi connectivity index (χ1n) is 5.49. The van der Waals surface area contributed by atoms with Crippen LogP contribution in [0.25, 0.3) is 0 Å². The Morgan fingerprint density at radius 1 is 1.11 bits per heavy atom. The van der Waals surface area contributed by atoms with Crippen molar-refractivity contribution in [3.8, 4) is 0 Å². The average molecular weight is 407 g/mol. The molecule has 1 aromatic carbocycles. The van der Waals surface area contributed by atoms with Gasteiger partial charge in [0.1, 0.15) is 0 Å². The van der Waals surface area contributed by atoms with Gasteiger partial charge in [-0.3, -0.25) is 0 Å². The zero-order valence-electron chi connectivity index (χ0n) is 9.77. The fourth-order valence-electron chi connectivity index (χ4n) is 1.57. The molecule has 1 nitrogen and oxygen atoms in total. The fourth-order valence-corrected chi connectivity index (χ4v) is 4.64. The van der Waals surface area contributed by atoms with Crippen LogP contribution in [0.5, 0.6) is 0 Å². The maximum Gasteiger partial charge on any atom is 0.0701 e. The Morgan fingerprint density at radius 3 is 2.28 bits per heavy atom. The number of thiophene rings is 1. The van der Waals surface area contributed by atoms with E-state index < -0.39 is 0 Å². The Morgan fingerprint density at radius 2 is 1.78 bits per heavy atom. The SMILES string of the molecule is CC(N)C(Sc1ccc(Br)cc1)c1ccc(Br)s1. The van der Waals surface area contributed by atoms with Gasteiger partial charge in [0.15, 0.2) is 0 Å². The Balaban J connectivity index is 2.19. The molecular weight excluding hydrogens is 394 g/mol. The summed E-state index contributed by atoms with van der Waals surface area (Å²) in [7, 11) is 0. The maximum absolute atomic E-state index is 6.12. The van der Waals surface area contributed by atoms with E-state index in [-0.39, 0.29) is 6.04 Å². The third-order valence-electron chi connectivity index (χ3n) is 2.43. The molecule has 0 fully saturated rings. The summed E-state index contributed by atoms with van der Waals surface area (Å²) in [6.07, 6.45) is 0. The molecule has 96 valence electrons. The lowest BCUT2D eigenvalue weighted by Crippen LogP contribution is -2.21. The molecule has 0 saturated heterocycles. The summed E-state index contributed by atoms with van der Waals surface area (Å²) < 4.78 is 2.25. The second kappa shape index (κ2) is 6.57. The second-order valence-electron chi connectivity index (χ2n) is 3.99. The van der Waals surface area contributed by atoms with Crippen molar-refractivity contribution < 1.29 is 0 Å². The smallest absolute Gasteiger partial charge is 0.0701 e. The molecule has 0 radical (unpaired) electrons. The normalized spacial score (nSPS) is 14.4. The summed E-state index contributed by atoms with van der Waals surface area (Å²) in [4.78, 5) is 2.55. The highest BCUT2D eigenvalue weighted by atomic mass is 79.9. The van der Waals surface area contributed by atoms with Crippen LogP contribution in [0.1, 0.15) is 17.1 Å². The molecule has 2 N–H and O–H groups in total. The van der Waals surface area contributed by atoms with Gasteiger partial charge in [-0.25, -0.2) is 0 Å². The molecule has 0 amide bonds. The lowest BCUT2D eigenvalue weighted by Gasteiger charge is -2.19. The minimum Gasteiger partial charge on any atom is -0.327 e. The van der Waals surface area contributed by atoms with E-state index in [1.54, 1.807) is 11.3 Å². The second-order valence-corrected chi connectivity index (χ2v) is 8.62. The zero-order valence-corrected chi connectivity index (χ0v) is 14.6. The largest absolute Gasteiger partial charge is 0.327 e. The third kappa shape index (κ3) is 3.84. The van der Waals surface area contributed by atoms with E-state index in [1.807, 2.05) is 11.8 Å². The first-order chi connectivity index (χ1) is 8.56. The Kier molecular flexibility index (Phi) is 5.33. The minimum absolute atomic E-state index is 0.115. The quantitative estimate of drug-likeness (QED) is 0.682. The van der Waals surface area contributed by atoms with Gasteiger partial charge in [-0.05, 0) is 59.3 Å². The van der Waals surface area contributed by atoms with E-state index in [2.05, 4.69) is 75.2 Å². The number of nitrogens with two attached hydrogens (primary N) is 1. The number of hydrogen-bond acceptors (Lipinski definition) is 3. The van der Waals surface area contributed by atoms with E-state index >= 15 is 0 Å². The predicted molar refractivity (Wildman–Crippen MR) is 88.4 cm³/mol. The molecule has 0 aliphatic rings. The molecule has 2 rings (SSSR count). The highest BCUT2D eigenvalue weighted by Crippen LogP contribution is 2.41. The van der Waals surface area contributed by atoms with Crippen molar-refractivity contribution in [1.29, 1.82) is 0 Å². The number of rotatable bonds is 4. The van der Waals surface area contributed by atoms with Crippen LogP contribution in [-0.4, -0.2) is 6.04 Å². The van der Waals surface area contributed by atoms with Gasteiger partial charge in [0.05, 0.1) is 9.04 Å². The van der Waals surface area contributed by atoms with Crippen LogP contribution in [0.3, 0.4) is 0 Å². The first-order valence-corrected chi connectivity index (χ1v) is 8.77. The molecule has 0 aliphatic carbocycles. The molecule has 18 heavy (non-hydrogen) atoms. The highest BCUT2D eigenvalue weighted by Gasteiger charge is 2.19. The molecule has 0 saturated carbocycles. The predicted octanol–water partition coefficient (Wildman–Crippen LogP) is 5.45. The van der Waals surface area contributed by atoms with Gasteiger partial charge in [-0.1, -0.05) is 15.9 Å². The van der Waals surface area contributed by atoms with Crippen LogP contribution in [-0.2, 0) is 0 Å². The lowest BCUT2D eigenvalue weighted by atomic mass is 10.2. The number of benzene rings is 1. The van der Waals surface area contributed by atoms with Crippen molar-refractivity contribution in [3.63, 3.8) is 0 Å². The van der Waals surface area contributed by atoms with Gasteiger partial charge in [-0.2, -0.15) is 0 Å². The number of halogens is 2. The average Bonchev–Trinajstić information content (AvgIpc) is 2.74. The summed E-state index contributed by atoms with van der Waals surface area (Å²) in [6.45, 7) is 2.06. The van der Waals surface area contributed by atoms with Crippen LogP contribution in [0.4, 0.5) is 0 Å². The van der Waals surface area contributed by atoms with E-state index in [4.69, 9.17) is 5.73 Å². The Labute approximate surface area is 132 Å². The molecule has 2 unspecified atom stereocenters. The maximum atomic E-state index is 6.12. The molecule has 2 atom stereocenters. The molecule has 1 heterocycles. The van der Waals surface area contributed by atoms with E-state index in [9.17, 15) is 0 Å². The van der Waals surface area contributed by atoms with Gasteiger partial charge >= 0.3 is 0 Å². The topological polar surface area (TPSA) is 26.0 Å². The summed E-state index contributed by atoms with van der Waals surface area (Å²) in [5, 5.41) is 0.294. The van der Waals surface area contributed by atoms with Crippen LogP contribution < -0.4 is 5.73 Å². The number of thioether (sulfide) groups is 1. The molecule has 2 aromatic rings. The third-order valence-corrected chi connectivity index (χ3v) is 6.29. The zero-order chi connectivity index (χ0) is 13.1. The van der Waals surface area contributed by atoms with Gasteiger partial charge in [0.2, 0.25) is 0 Å². The fraction of sp³-hybridized carbons (Fsp3) is 0.231. The monoisotopic (exact) mass is 405 g/mol. The summed E-state index contributed by atoms with van der Waals surface area (Å²) in [5.41, 5.74) is 6.12. The highest BCUT2D eigenvalue weighted by molar-refractivity contribution is 9.11. The van der Waals surface area contributed by atoms with Crippen LogP contribution in [0.2, 0.25) is 0 Å². The molecule has 1 aromatic heterocycles. The van der Waals surface area contributed by atoms with E-state index in [0.29, 0.717) is 5.25 Å². The van der Waals surface area contributed by atoms with Gasteiger partial charge in [0.25, 0.3) is 0 Å². The summed E-state index contributed by atoms with van der Waals surface area (Å²) in [6, 6.07) is 12.7. The number of hydrogen-bond donors (Lipinski definition) is 1.